The number of methoxy groups -OCH3 is 1. The van der Waals surface area contributed by atoms with Crippen molar-refractivity contribution in [2.24, 2.45) is 11.7 Å². The Hall–Kier alpha value is -4.66. The van der Waals surface area contributed by atoms with Gasteiger partial charge in [0, 0.05) is 23.1 Å². The van der Waals surface area contributed by atoms with E-state index in [0.29, 0.717) is 10.8 Å². The fraction of sp³-hybridized carbons (Fsp3) is 0.451. The third kappa shape index (κ3) is 10.8. The average Bonchev–Trinajstić information content (AvgIpc) is 3.82. The maximum Gasteiger partial charge on any atom is 0.345 e. The molecule has 0 spiro atoms. The van der Waals surface area contributed by atoms with Crippen molar-refractivity contribution in [2.45, 2.75) is 131 Å². The van der Waals surface area contributed by atoms with Gasteiger partial charge in [0.2, 0.25) is 0 Å². The molecule has 1 fully saturated rings. The number of aryl methyl sites for hydroxylation is 2. The lowest BCUT2D eigenvalue weighted by atomic mass is 9.82. The van der Waals surface area contributed by atoms with Gasteiger partial charge in [-0.1, -0.05) is 110 Å². The predicted molar refractivity (Wildman–Crippen MR) is 250 cm³/mol. The molecule has 59 heavy (non-hydrogen) atoms. The minimum absolute atomic E-state index is 0.229. The van der Waals surface area contributed by atoms with Gasteiger partial charge in [0.05, 0.1) is 34.2 Å². The summed E-state index contributed by atoms with van der Waals surface area (Å²) in [6.07, 6.45) is 14.7. The molecule has 8 heteroatoms. The Kier molecular flexibility index (Phi) is 17.0. The quantitative estimate of drug-likeness (QED) is 0.101. The average molecular weight is 818 g/mol. The number of carbonyl (C=O) groups is 1. The zero-order valence-electron chi connectivity index (χ0n) is 36.6. The lowest BCUT2D eigenvalue weighted by molar-refractivity contribution is 0.0702. The number of thiophene rings is 1. The number of aromatic hydroxyl groups is 1. The Labute approximate surface area is 356 Å². The molecule has 316 valence electrons. The number of hydrogen-bond acceptors (Lipinski definition) is 6. The van der Waals surface area contributed by atoms with E-state index in [9.17, 15) is 15.0 Å². The number of fused-ring (bicyclic) bond motifs is 2. The van der Waals surface area contributed by atoms with Gasteiger partial charge in [0.1, 0.15) is 16.4 Å². The minimum Gasteiger partial charge on any atom is -0.508 e. The van der Waals surface area contributed by atoms with E-state index >= 15 is 0 Å². The minimum atomic E-state index is -0.853. The van der Waals surface area contributed by atoms with E-state index in [1.165, 1.54) is 91.5 Å². The topological polar surface area (TPSA) is 111 Å². The van der Waals surface area contributed by atoms with E-state index in [1.54, 1.807) is 19.2 Å². The maximum atomic E-state index is 12.0. The van der Waals surface area contributed by atoms with Gasteiger partial charge in [-0.05, 0) is 122 Å². The number of aromatic nitrogens is 2. The van der Waals surface area contributed by atoms with E-state index in [1.807, 2.05) is 36.4 Å². The van der Waals surface area contributed by atoms with Crippen LogP contribution in [0.1, 0.15) is 138 Å². The number of aromatic carboxylic acids is 1. The van der Waals surface area contributed by atoms with Gasteiger partial charge in [-0.2, -0.15) is 0 Å². The van der Waals surface area contributed by atoms with Crippen LogP contribution in [0.25, 0.3) is 54.8 Å². The number of pyridine rings is 1. The lowest BCUT2D eigenvalue weighted by Gasteiger charge is -2.24. The van der Waals surface area contributed by atoms with Gasteiger partial charge in [-0.25, -0.2) is 9.78 Å². The Morgan fingerprint density at radius 1 is 0.847 bits per heavy atom. The molecule has 0 aliphatic heterocycles. The highest BCUT2D eigenvalue weighted by molar-refractivity contribution is 7.21. The number of rotatable bonds is 14. The van der Waals surface area contributed by atoms with Gasteiger partial charge in [-0.3, -0.25) is 0 Å². The molecule has 1 aliphatic rings. The van der Waals surface area contributed by atoms with Crippen LogP contribution in [0.15, 0.2) is 72.8 Å². The van der Waals surface area contributed by atoms with Crippen LogP contribution in [0.3, 0.4) is 0 Å². The number of unbranched alkanes of at least 4 members (excludes halogenated alkanes) is 1. The summed E-state index contributed by atoms with van der Waals surface area (Å²) in [6.45, 7) is 14.9. The largest absolute Gasteiger partial charge is 0.508 e. The summed E-state index contributed by atoms with van der Waals surface area (Å²) in [4.78, 5) is 17.6. The first-order chi connectivity index (χ1) is 28.6. The monoisotopic (exact) mass is 817 g/mol. The van der Waals surface area contributed by atoms with Crippen LogP contribution >= 0.6 is 11.3 Å². The van der Waals surface area contributed by atoms with Crippen molar-refractivity contribution in [3.05, 3.63) is 88.8 Å². The number of nitrogens with zero attached hydrogens (tertiary/aromatic N) is 2. The standard InChI is InChI=1S/C39H38N2O4S.C8H19N.C4H10/c1-4-20-41-34-22-35(39(43)44)46-38(34)36(25-8-6-5-7-9-25)37(41)29-17-19-32-28(23(29)2)16-18-33(40-32)31-21-27(45-3)14-15-30(31)24-10-12-26(42)13-11-24;1-3-5-8(7-9)6-4-2;1-3-4-2/h10-19,21-22,25,42H,4-9,20H2,1-3H3,(H,43,44);8H,3-7,9H2,1-2H3;3-4H2,1-2H3. The maximum absolute atomic E-state index is 12.0. The molecule has 6 aromatic rings. The summed E-state index contributed by atoms with van der Waals surface area (Å²) in [6, 6.07) is 23.7. The Balaban J connectivity index is 0.000000443. The summed E-state index contributed by atoms with van der Waals surface area (Å²) in [5.74, 6) is 1.34. The number of ether oxygens (including phenoxy) is 1. The van der Waals surface area contributed by atoms with Crippen LogP contribution in [0.5, 0.6) is 11.5 Å². The smallest absolute Gasteiger partial charge is 0.345 e. The molecule has 4 N–H and O–H groups in total. The summed E-state index contributed by atoms with van der Waals surface area (Å²) < 4.78 is 9.11. The fourth-order valence-corrected chi connectivity index (χ4v) is 9.60. The second-order valence-electron chi connectivity index (χ2n) is 16.0. The van der Waals surface area contributed by atoms with Crippen LogP contribution in [0.2, 0.25) is 0 Å². The molecule has 3 aromatic carbocycles. The van der Waals surface area contributed by atoms with Crippen molar-refractivity contribution in [3.63, 3.8) is 0 Å². The van der Waals surface area contributed by atoms with Crippen LogP contribution in [-0.2, 0) is 6.54 Å². The Bertz CT molecular complexity index is 2260. The molecule has 3 heterocycles. The number of carboxylic acids is 1. The van der Waals surface area contributed by atoms with Gasteiger partial charge in [0.25, 0.3) is 0 Å². The molecule has 0 amide bonds. The molecule has 0 atom stereocenters. The van der Waals surface area contributed by atoms with Crippen LogP contribution in [0, 0.1) is 12.8 Å². The number of carboxylic acid groups (broad SMARTS) is 1. The fourth-order valence-electron chi connectivity index (χ4n) is 8.48. The molecule has 1 aliphatic carbocycles. The first-order valence-corrected chi connectivity index (χ1v) is 22.9. The molecule has 0 radical (unpaired) electrons. The first-order valence-electron chi connectivity index (χ1n) is 22.1. The van der Waals surface area contributed by atoms with E-state index in [0.717, 1.165) is 87.5 Å². The highest BCUT2D eigenvalue weighted by Crippen LogP contribution is 2.48. The molecular formula is C51H67N3O4S. The second kappa shape index (κ2) is 22.1. The van der Waals surface area contributed by atoms with Crippen LogP contribution in [-0.4, -0.2) is 39.4 Å². The number of benzene rings is 3. The van der Waals surface area contributed by atoms with Gasteiger partial charge < -0.3 is 25.3 Å². The summed E-state index contributed by atoms with van der Waals surface area (Å²) >= 11 is 1.44. The normalized spacial score (nSPS) is 13.0. The zero-order valence-corrected chi connectivity index (χ0v) is 37.4. The molecule has 3 aromatic heterocycles. The number of phenols is 1. The van der Waals surface area contributed by atoms with E-state index in [-0.39, 0.29) is 5.75 Å². The molecular weight excluding hydrogens is 751 g/mol. The van der Waals surface area contributed by atoms with Crippen molar-refractivity contribution in [2.75, 3.05) is 13.7 Å². The highest BCUT2D eigenvalue weighted by Gasteiger charge is 2.29. The van der Waals surface area contributed by atoms with Crippen molar-refractivity contribution >= 4 is 38.4 Å². The third-order valence-corrected chi connectivity index (χ3v) is 12.9. The van der Waals surface area contributed by atoms with Gasteiger partial charge in [-0.15, -0.1) is 11.3 Å². The molecule has 0 saturated heterocycles. The van der Waals surface area contributed by atoms with E-state index in [2.05, 4.69) is 70.4 Å². The summed E-state index contributed by atoms with van der Waals surface area (Å²) in [5, 5.41) is 20.8. The summed E-state index contributed by atoms with van der Waals surface area (Å²) in [7, 11) is 1.67. The second-order valence-corrected chi connectivity index (χ2v) is 17.1. The molecule has 0 bridgehead atoms. The van der Waals surface area contributed by atoms with Gasteiger partial charge >= 0.3 is 5.97 Å². The van der Waals surface area contributed by atoms with E-state index < -0.39 is 5.97 Å². The van der Waals surface area contributed by atoms with Gasteiger partial charge in [0.15, 0.2) is 0 Å². The number of phenolic OH excluding ortho intramolecular Hbond substituents is 1. The lowest BCUT2D eigenvalue weighted by Crippen LogP contribution is -2.13. The SMILES string of the molecule is CCCC.CCCC(CN)CCC.CCCn1c(-c2ccc3nc(-c4cc(OC)ccc4-c4ccc(O)cc4)ccc3c2C)c(C2CCCCC2)c2sc(C(=O)O)cc21. The first kappa shape index (κ1) is 45.4. The van der Waals surface area contributed by atoms with E-state index in [4.69, 9.17) is 15.5 Å². The molecule has 1 saturated carbocycles. The Morgan fingerprint density at radius 3 is 2.12 bits per heavy atom. The molecule has 7 rings (SSSR count). The highest BCUT2D eigenvalue weighted by atomic mass is 32.1. The third-order valence-electron chi connectivity index (χ3n) is 11.7. The van der Waals surface area contributed by atoms with Crippen molar-refractivity contribution in [1.29, 1.82) is 0 Å². The zero-order chi connectivity index (χ0) is 42.5. The molecule has 7 nitrogen and oxygen atoms in total. The summed E-state index contributed by atoms with van der Waals surface area (Å²) in [5.41, 5.74) is 16.3. The number of hydrogen-bond donors (Lipinski definition) is 3. The Morgan fingerprint density at radius 2 is 1.53 bits per heavy atom. The molecule has 0 unspecified atom stereocenters. The van der Waals surface area contributed by atoms with Crippen LogP contribution < -0.4 is 10.5 Å². The number of nitrogens with two attached hydrogens (primary N) is 1. The van der Waals surface area contributed by atoms with Crippen molar-refractivity contribution < 1.29 is 19.7 Å². The predicted octanol–water partition coefficient (Wildman–Crippen LogP) is 14.4. The van der Waals surface area contributed by atoms with Crippen LogP contribution in [0.4, 0.5) is 0 Å². The van der Waals surface area contributed by atoms with Crippen molar-refractivity contribution in [1.82, 2.24) is 9.55 Å². The van der Waals surface area contributed by atoms with Crippen molar-refractivity contribution in [3.8, 4) is 45.1 Å².